The van der Waals surface area contributed by atoms with E-state index in [1.54, 1.807) is 0 Å². The molecule has 0 spiro atoms. The lowest BCUT2D eigenvalue weighted by atomic mass is 9.96. The number of carbonyl (C=O) groups excluding carboxylic acids is 1. The Hall–Kier alpha value is -1.88. The van der Waals surface area contributed by atoms with Crippen LogP contribution in [0.4, 0.5) is 0 Å². The average Bonchev–Trinajstić information content (AvgIpc) is 3.34. The Kier molecular flexibility index (Phi) is 3.81. The van der Waals surface area contributed by atoms with Gasteiger partial charge in [0, 0.05) is 11.8 Å². The van der Waals surface area contributed by atoms with Gasteiger partial charge in [0.25, 0.3) is 0 Å². The molecule has 1 aromatic heterocycles. The van der Waals surface area contributed by atoms with Crippen molar-refractivity contribution in [3.63, 3.8) is 0 Å². The largest absolute Gasteiger partial charge is 0.349 e. The molecule has 2 fully saturated rings. The van der Waals surface area contributed by atoms with Crippen molar-refractivity contribution in [2.45, 2.75) is 44.6 Å². The van der Waals surface area contributed by atoms with Gasteiger partial charge in [0.05, 0.1) is 17.1 Å². The number of fused-ring (bicyclic) bond motifs is 1. The Bertz CT molecular complexity index is 713. The summed E-state index contributed by atoms with van der Waals surface area (Å²) in [5, 5.41) is 6.47. The normalized spacial score (nSPS) is 20.6. The SMILES string of the molecule is CC(NC(=O)C1CCNCC1)c1ccc2nc(C3CC3)[nH]c2c1. The zero-order chi connectivity index (χ0) is 15.8. The molecule has 1 saturated carbocycles. The van der Waals surface area contributed by atoms with E-state index in [9.17, 15) is 4.79 Å². The van der Waals surface area contributed by atoms with Crippen LogP contribution in [0.1, 0.15) is 56.0 Å². The highest BCUT2D eigenvalue weighted by atomic mass is 16.1. The zero-order valence-corrected chi connectivity index (χ0v) is 13.6. The number of benzene rings is 1. The van der Waals surface area contributed by atoms with Gasteiger partial charge in [-0.3, -0.25) is 4.79 Å². The molecule has 2 aromatic rings. The first-order valence-corrected chi connectivity index (χ1v) is 8.71. The van der Waals surface area contributed by atoms with Crippen LogP contribution in [0, 0.1) is 5.92 Å². The highest BCUT2D eigenvalue weighted by Crippen LogP contribution is 2.39. The molecule has 1 aliphatic heterocycles. The van der Waals surface area contributed by atoms with Crippen molar-refractivity contribution in [2.24, 2.45) is 5.92 Å². The van der Waals surface area contributed by atoms with Crippen LogP contribution in [0.25, 0.3) is 11.0 Å². The molecule has 5 heteroatoms. The predicted octanol–water partition coefficient (Wildman–Crippen LogP) is 2.62. The summed E-state index contributed by atoms with van der Waals surface area (Å²) in [6, 6.07) is 6.28. The lowest BCUT2D eigenvalue weighted by molar-refractivity contribution is -0.126. The molecule has 5 nitrogen and oxygen atoms in total. The second-order valence-corrected chi connectivity index (χ2v) is 6.93. The van der Waals surface area contributed by atoms with Crippen molar-refractivity contribution in [3.8, 4) is 0 Å². The molecule has 2 heterocycles. The molecule has 1 unspecified atom stereocenters. The Morgan fingerprint density at radius 2 is 2.04 bits per heavy atom. The van der Waals surface area contributed by atoms with Crippen LogP contribution in [0.2, 0.25) is 0 Å². The standard InChI is InChI=1S/C18H24N4O/c1-11(20-18(23)13-6-8-19-9-7-13)14-4-5-15-16(10-14)22-17(21-15)12-2-3-12/h4-5,10-13,19H,2-3,6-9H2,1H3,(H,20,23)(H,21,22). The van der Waals surface area contributed by atoms with E-state index in [-0.39, 0.29) is 17.9 Å². The Morgan fingerprint density at radius 3 is 2.78 bits per heavy atom. The fourth-order valence-corrected chi connectivity index (χ4v) is 3.37. The van der Waals surface area contributed by atoms with Gasteiger partial charge in [-0.1, -0.05) is 6.07 Å². The van der Waals surface area contributed by atoms with E-state index in [4.69, 9.17) is 0 Å². The van der Waals surface area contributed by atoms with Gasteiger partial charge in [-0.15, -0.1) is 0 Å². The summed E-state index contributed by atoms with van der Waals surface area (Å²) in [5.41, 5.74) is 3.23. The summed E-state index contributed by atoms with van der Waals surface area (Å²) in [7, 11) is 0. The molecule has 3 N–H and O–H groups in total. The monoisotopic (exact) mass is 312 g/mol. The fourth-order valence-electron chi connectivity index (χ4n) is 3.37. The minimum Gasteiger partial charge on any atom is -0.349 e. The Labute approximate surface area is 136 Å². The van der Waals surface area contributed by atoms with Crippen LogP contribution in [0.15, 0.2) is 18.2 Å². The number of hydrogen-bond acceptors (Lipinski definition) is 3. The van der Waals surface area contributed by atoms with E-state index in [1.165, 1.54) is 12.8 Å². The minimum atomic E-state index is 0.0226. The first kappa shape index (κ1) is 14.7. The van der Waals surface area contributed by atoms with Crippen molar-refractivity contribution in [1.29, 1.82) is 0 Å². The van der Waals surface area contributed by atoms with Crippen LogP contribution in [-0.4, -0.2) is 29.0 Å². The number of imidazole rings is 1. The summed E-state index contributed by atoms with van der Waals surface area (Å²) in [4.78, 5) is 20.5. The Balaban J connectivity index is 1.47. The second-order valence-electron chi connectivity index (χ2n) is 6.93. The van der Waals surface area contributed by atoms with E-state index < -0.39 is 0 Å². The van der Waals surface area contributed by atoms with Gasteiger partial charge in [0.2, 0.25) is 5.91 Å². The number of rotatable bonds is 4. The molecule has 23 heavy (non-hydrogen) atoms. The average molecular weight is 312 g/mol. The lowest BCUT2D eigenvalue weighted by Gasteiger charge is -2.24. The molecule has 2 aliphatic rings. The molecule has 1 saturated heterocycles. The van der Waals surface area contributed by atoms with Crippen molar-refractivity contribution in [3.05, 3.63) is 29.6 Å². The van der Waals surface area contributed by atoms with E-state index in [2.05, 4.69) is 45.7 Å². The highest BCUT2D eigenvalue weighted by molar-refractivity contribution is 5.80. The fraction of sp³-hybridized carbons (Fsp3) is 0.556. The van der Waals surface area contributed by atoms with E-state index in [0.29, 0.717) is 5.92 Å². The second kappa shape index (κ2) is 5.96. The van der Waals surface area contributed by atoms with Crippen LogP contribution in [0.3, 0.4) is 0 Å². The summed E-state index contributed by atoms with van der Waals surface area (Å²) in [5.74, 6) is 2.07. The summed E-state index contributed by atoms with van der Waals surface area (Å²) in [6.45, 7) is 3.94. The number of carbonyl (C=O) groups is 1. The molecule has 122 valence electrons. The summed E-state index contributed by atoms with van der Waals surface area (Å²) < 4.78 is 0. The molecular weight excluding hydrogens is 288 g/mol. The third-order valence-corrected chi connectivity index (χ3v) is 5.06. The first-order chi connectivity index (χ1) is 11.2. The topological polar surface area (TPSA) is 69.8 Å². The zero-order valence-electron chi connectivity index (χ0n) is 13.6. The van der Waals surface area contributed by atoms with E-state index in [0.717, 1.165) is 48.4 Å². The number of aromatic amines is 1. The maximum absolute atomic E-state index is 12.4. The van der Waals surface area contributed by atoms with Gasteiger partial charge in [-0.05, 0) is 63.4 Å². The number of nitrogens with one attached hydrogen (secondary N) is 3. The van der Waals surface area contributed by atoms with Crippen LogP contribution in [0.5, 0.6) is 0 Å². The van der Waals surface area contributed by atoms with E-state index in [1.807, 2.05) is 0 Å². The van der Waals surface area contributed by atoms with Crippen LogP contribution in [-0.2, 0) is 4.79 Å². The third kappa shape index (κ3) is 3.11. The van der Waals surface area contributed by atoms with Crippen molar-refractivity contribution < 1.29 is 4.79 Å². The number of amides is 1. The quantitative estimate of drug-likeness (QED) is 0.813. The minimum absolute atomic E-state index is 0.0226. The van der Waals surface area contributed by atoms with Gasteiger partial charge in [0.15, 0.2) is 0 Å². The van der Waals surface area contributed by atoms with Crippen LogP contribution < -0.4 is 10.6 Å². The summed E-state index contributed by atoms with van der Waals surface area (Å²) in [6.07, 6.45) is 4.36. The molecule has 0 radical (unpaired) electrons. The summed E-state index contributed by atoms with van der Waals surface area (Å²) >= 11 is 0. The molecule has 1 aliphatic carbocycles. The lowest BCUT2D eigenvalue weighted by Crippen LogP contribution is -2.39. The number of nitrogens with zero attached hydrogens (tertiary/aromatic N) is 1. The maximum atomic E-state index is 12.4. The number of piperidine rings is 1. The molecule has 4 rings (SSSR count). The number of aromatic nitrogens is 2. The van der Waals surface area contributed by atoms with Crippen molar-refractivity contribution in [1.82, 2.24) is 20.6 Å². The molecule has 1 atom stereocenters. The maximum Gasteiger partial charge on any atom is 0.223 e. The highest BCUT2D eigenvalue weighted by Gasteiger charge is 2.27. The number of H-pyrrole nitrogens is 1. The van der Waals surface area contributed by atoms with Gasteiger partial charge < -0.3 is 15.6 Å². The smallest absolute Gasteiger partial charge is 0.223 e. The van der Waals surface area contributed by atoms with E-state index >= 15 is 0 Å². The van der Waals surface area contributed by atoms with Crippen LogP contribution >= 0.6 is 0 Å². The molecular formula is C18H24N4O. The van der Waals surface area contributed by atoms with Crippen molar-refractivity contribution >= 4 is 16.9 Å². The van der Waals surface area contributed by atoms with Gasteiger partial charge in [-0.2, -0.15) is 0 Å². The van der Waals surface area contributed by atoms with Gasteiger partial charge in [-0.25, -0.2) is 4.98 Å². The molecule has 1 amide bonds. The Morgan fingerprint density at radius 1 is 1.26 bits per heavy atom. The van der Waals surface area contributed by atoms with Gasteiger partial charge in [0.1, 0.15) is 5.82 Å². The van der Waals surface area contributed by atoms with Crippen molar-refractivity contribution in [2.75, 3.05) is 13.1 Å². The van der Waals surface area contributed by atoms with Gasteiger partial charge >= 0.3 is 0 Å². The molecule has 1 aromatic carbocycles. The number of hydrogen-bond donors (Lipinski definition) is 3. The predicted molar refractivity (Wildman–Crippen MR) is 90.2 cm³/mol. The first-order valence-electron chi connectivity index (χ1n) is 8.71. The molecule has 0 bridgehead atoms. The third-order valence-electron chi connectivity index (χ3n) is 5.06.